The molecule has 170 valence electrons. The summed E-state index contributed by atoms with van der Waals surface area (Å²) in [7, 11) is 0. The second-order valence-corrected chi connectivity index (χ2v) is 10.0. The minimum absolute atomic E-state index is 0.128. The first-order valence-electron chi connectivity index (χ1n) is 11.7. The van der Waals surface area contributed by atoms with Crippen LogP contribution in [0.15, 0.2) is 90.1 Å². The summed E-state index contributed by atoms with van der Waals surface area (Å²) < 4.78 is 6.02. The molecular formula is C29H26N2O3. The molecule has 0 amide bonds. The van der Waals surface area contributed by atoms with Crippen molar-refractivity contribution in [2.24, 2.45) is 5.41 Å². The lowest BCUT2D eigenvalue weighted by Gasteiger charge is -2.40. The Morgan fingerprint density at radius 1 is 0.882 bits per heavy atom. The van der Waals surface area contributed by atoms with Crippen molar-refractivity contribution >= 4 is 23.1 Å². The van der Waals surface area contributed by atoms with E-state index in [-0.39, 0.29) is 17.2 Å². The summed E-state index contributed by atoms with van der Waals surface area (Å²) in [5, 5.41) is 3.61. The molecule has 0 spiro atoms. The Morgan fingerprint density at radius 2 is 1.59 bits per heavy atom. The summed E-state index contributed by atoms with van der Waals surface area (Å²) in [5.41, 5.74) is 5.73. The number of hydrogen-bond donors (Lipinski definition) is 1. The topological polar surface area (TPSA) is 58.6 Å². The predicted octanol–water partition coefficient (Wildman–Crippen LogP) is 6.17. The van der Waals surface area contributed by atoms with Crippen LogP contribution in [-0.2, 0) is 9.53 Å². The molecule has 3 aliphatic rings. The molecular weight excluding hydrogens is 424 g/mol. The SMILES string of the molecule is CC1(C)CC(=O)C2=C(C1)Nc1ccccc1N(C1OC(=O)c3ccccc31)C2c1ccccc1. The number of para-hydroxylation sites is 2. The lowest BCUT2D eigenvalue weighted by Crippen LogP contribution is -2.38. The maximum absolute atomic E-state index is 13.8. The monoisotopic (exact) mass is 450 g/mol. The van der Waals surface area contributed by atoms with Gasteiger partial charge in [-0.3, -0.25) is 4.79 Å². The third-order valence-electron chi connectivity index (χ3n) is 6.97. The highest BCUT2D eigenvalue weighted by Crippen LogP contribution is 2.52. The first-order valence-corrected chi connectivity index (χ1v) is 11.7. The molecule has 1 N–H and O–H groups in total. The summed E-state index contributed by atoms with van der Waals surface area (Å²) in [6.07, 6.45) is 0.592. The number of carbonyl (C=O) groups excluding carboxylic acids is 2. The van der Waals surface area contributed by atoms with E-state index in [0.717, 1.165) is 40.2 Å². The third-order valence-corrected chi connectivity index (χ3v) is 6.97. The Hall–Kier alpha value is -3.86. The average Bonchev–Trinajstić information content (AvgIpc) is 3.07. The number of esters is 1. The van der Waals surface area contributed by atoms with Gasteiger partial charge in [0, 0.05) is 23.3 Å². The standard InChI is InChI=1S/C29H26N2O3/c1-29(2)16-22-25(24(32)17-29)26(18-10-4-3-5-11-18)31(23-15-9-8-14-21(23)30-22)27-19-12-6-7-13-20(19)28(33)34-27/h3-15,26-27,30H,16-17H2,1-2H3. The third kappa shape index (κ3) is 3.23. The second-order valence-electron chi connectivity index (χ2n) is 10.0. The van der Waals surface area contributed by atoms with Crippen molar-refractivity contribution in [2.75, 3.05) is 10.2 Å². The van der Waals surface area contributed by atoms with Gasteiger partial charge in [0.25, 0.3) is 0 Å². The van der Waals surface area contributed by atoms with Crippen LogP contribution in [0.5, 0.6) is 0 Å². The number of hydrogen-bond acceptors (Lipinski definition) is 5. The average molecular weight is 451 g/mol. The molecule has 0 fully saturated rings. The maximum atomic E-state index is 13.8. The number of carbonyl (C=O) groups is 2. The van der Waals surface area contributed by atoms with Crippen molar-refractivity contribution in [3.63, 3.8) is 0 Å². The Bertz CT molecular complexity index is 1340. The Morgan fingerprint density at radius 3 is 2.41 bits per heavy atom. The molecule has 0 aromatic heterocycles. The number of fused-ring (bicyclic) bond motifs is 2. The fourth-order valence-electron chi connectivity index (χ4n) is 5.57. The van der Waals surface area contributed by atoms with Crippen molar-refractivity contribution in [3.05, 3.63) is 107 Å². The van der Waals surface area contributed by atoms with Crippen LogP contribution in [0.1, 0.15) is 60.4 Å². The van der Waals surface area contributed by atoms with Gasteiger partial charge in [0.05, 0.1) is 23.0 Å². The number of anilines is 2. The van der Waals surface area contributed by atoms with Gasteiger partial charge in [-0.05, 0) is 35.6 Å². The Kier molecular flexibility index (Phi) is 4.63. The quantitative estimate of drug-likeness (QED) is 0.473. The molecule has 0 bridgehead atoms. The predicted molar refractivity (Wildman–Crippen MR) is 131 cm³/mol. The van der Waals surface area contributed by atoms with E-state index in [1.165, 1.54) is 0 Å². The van der Waals surface area contributed by atoms with E-state index >= 15 is 0 Å². The highest BCUT2D eigenvalue weighted by Gasteiger charge is 2.46. The van der Waals surface area contributed by atoms with Crippen LogP contribution in [0.3, 0.4) is 0 Å². The van der Waals surface area contributed by atoms with Crippen molar-refractivity contribution in [3.8, 4) is 0 Å². The molecule has 3 aromatic carbocycles. The van der Waals surface area contributed by atoms with Crippen molar-refractivity contribution in [1.82, 2.24) is 0 Å². The molecule has 5 nitrogen and oxygen atoms in total. The lowest BCUT2D eigenvalue weighted by atomic mass is 9.73. The summed E-state index contributed by atoms with van der Waals surface area (Å²) in [6, 6.07) is 25.2. The maximum Gasteiger partial charge on any atom is 0.340 e. The van der Waals surface area contributed by atoms with Crippen LogP contribution >= 0.6 is 0 Å². The zero-order valence-electron chi connectivity index (χ0n) is 19.2. The normalized spacial score (nSPS) is 22.8. The summed E-state index contributed by atoms with van der Waals surface area (Å²) >= 11 is 0. The van der Waals surface area contributed by atoms with Gasteiger partial charge in [-0.2, -0.15) is 0 Å². The number of Topliss-reactive ketones (excluding diaryl/α,β-unsaturated/α-hetero) is 1. The zero-order chi connectivity index (χ0) is 23.4. The molecule has 2 heterocycles. The molecule has 6 rings (SSSR count). The highest BCUT2D eigenvalue weighted by atomic mass is 16.6. The molecule has 5 heteroatoms. The minimum atomic E-state index is -0.647. The number of benzene rings is 3. The van der Waals surface area contributed by atoms with Gasteiger partial charge < -0.3 is 15.0 Å². The molecule has 1 aliphatic carbocycles. The smallest absolute Gasteiger partial charge is 0.340 e. The largest absolute Gasteiger partial charge is 0.433 e. The van der Waals surface area contributed by atoms with Gasteiger partial charge in [-0.25, -0.2) is 4.79 Å². The Labute approximate surface area is 199 Å². The van der Waals surface area contributed by atoms with Gasteiger partial charge in [-0.15, -0.1) is 0 Å². The zero-order valence-corrected chi connectivity index (χ0v) is 19.2. The molecule has 34 heavy (non-hydrogen) atoms. The van der Waals surface area contributed by atoms with Crippen LogP contribution in [-0.4, -0.2) is 11.8 Å². The minimum Gasteiger partial charge on any atom is -0.433 e. The van der Waals surface area contributed by atoms with Crippen LogP contribution in [0.2, 0.25) is 0 Å². The lowest BCUT2D eigenvalue weighted by molar-refractivity contribution is -0.118. The summed E-state index contributed by atoms with van der Waals surface area (Å²) in [4.78, 5) is 28.7. The number of ether oxygens (including phenoxy) is 1. The van der Waals surface area contributed by atoms with Crippen LogP contribution in [0.4, 0.5) is 11.4 Å². The molecule has 3 aromatic rings. The Balaban J connectivity index is 1.64. The van der Waals surface area contributed by atoms with E-state index in [4.69, 9.17) is 4.74 Å². The number of cyclic esters (lactones) is 1. The van der Waals surface area contributed by atoms with E-state index in [1.807, 2.05) is 72.8 Å². The molecule has 0 saturated heterocycles. The summed E-state index contributed by atoms with van der Waals surface area (Å²) in [5.74, 6) is -0.213. The number of ketones is 1. The van der Waals surface area contributed by atoms with Gasteiger partial charge in [-0.1, -0.05) is 74.5 Å². The number of nitrogens with zero attached hydrogens (tertiary/aromatic N) is 1. The van der Waals surface area contributed by atoms with Crippen molar-refractivity contribution in [1.29, 1.82) is 0 Å². The first-order chi connectivity index (χ1) is 16.4. The molecule has 0 saturated carbocycles. The highest BCUT2D eigenvalue weighted by molar-refractivity contribution is 6.02. The number of allylic oxidation sites excluding steroid dienone is 1. The fraction of sp³-hybridized carbons (Fsp3) is 0.241. The van der Waals surface area contributed by atoms with Crippen molar-refractivity contribution in [2.45, 2.75) is 39.0 Å². The van der Waals surface area contributed by atoms with Gasteiger partial charge >= 0.3 is 5.97 Å². The molecule has 2 aliphatic heterocycles. The second kappa shape index (κ2) is 7.59. The fourth-order valence-corrected chi connectivity index (χ4v) is 5.57. The summed E-state index contributed by atoms with van der Waals surface area (Å²) in [6.45, 7) is 4.27. The van der Waals surface area contributed by atoms with Crippen LogP contribution < -0.4 is 10.2 Å². The van der Waals surface area contributed by atoms with Crippen LogP contribution in [0, 0.1) is 5.41 Å². The molecule has 2 atom stereocenters. The number of nitrogens with one attached hydrogen (secondary N) is 1. The molecule has 2 unspecified atom stereocenters. The molecule has 0 radical (unpaired) electrons. The van der Waals surface area contributed by atoms with Crippen LogP contribution in [0.25, 0.3) is 0 Å². The van der Waals surface area contributed by atoms with E-state index in [9.17, 15) is 9.59 Å². The van der Waals surface area contributed by atoms with Gasteiger partial charge in [0.15, 0.2) is 5.78 Å². The van der Waals surface area contributed by atoms with Crippen molar-refractivity contribution < 1.29 is 14.3 Å². The van der Waals surface area contributed by atoms with E-state index in [0.29, 0.717) is 12.0 Å². The van der Waals surface area contributed by atoms with Gasteiger partial charge in [0.2, 0.25) is 6.23 Å². The van der Waals surface area contributed by atoms with E-state index in [1.54, 1.807) is 6.07 Å². The van der Waals surface area contributed by atoms with E-state index < -0.39 is 12.3 Å². The number of rotatable bonds is 2. The van der Waals surface area contributed by atoms with Gasteiger partial charge in [0.1, 0.15) is 0 Å². The first kappa shape index (κ1) is 20.7. The van der Waals surface area contributed by atoms with E-state index in [2.05, 4.69) is 24.1 Å².